The molecule has 0 saturated heterocycles. The van der Waals surface area contributed by atoms with Crippen LogP contribution in [0.15, 0.2) is 36.7 Å². The summed E-state index contributed by atoms with van der Waals surface area (Å²) >= 11 is 0. The highest BCUT2D eigenvalue weighted by Gasteiger charge is 2.31. The van der Waals surface area contributed by atoms with Gasteiger partial charge in [-0.25, -0.2) is 4.98 Å². The minimum absolute atomic E-state index is 0.00238. The zero-order valence-corrected chi connectivity index (χ0v) is 17.3. The van der Waals surface area contributed by atoms with Gasteiger partial charge in [-0.3, -0.25) is 4.79 Å². The number of rotatable bonds is 3. The second-order valence-electron chi connectivity index (χ2n) is 7.80. The van der Waals surface area contributed by atoms with E-state index < -0.39 is 0 Å². The third-order valence-corrected chi connectivity index (χ3v) is 6.09. The van der Waals surface area contributed by atoms with Crippen LogP contribution in [-0.2, 0) is 26.6 Å². The van der Waals surface area contributed by atoms with Crippen molar-refractivity contribution in [3.63, 3.8) is 0 Å². The molecule has 1 aliphatic rings. The molecule has 2 heterocycles. The van der Waals surface area contributed by atoms with Gasteiger partial charge in [-0.05, 0) is 66.1 Å². The van der Waals surface area contributed by atoms with Crippen LogP contribution < -0.4 is 0 Å². The van der Waals surface area contributed by atoms with E-state index in [1.54, 1.807) is 10.8 Å². The Morgan fingerprint density at radius 2 is 1.68 bits per heavy atom. The van der Waals surface area contributed by atoms with Gasteiger partial charge < -0.3 is 9.47 Å². The van der Waals surface area contributed by atoms with Gasteiger partial charge in [0.1, 0.15) is 0 Å². The molecule has 28 heavy (non-hydrogen) atoms. The normalized spacial score (nSPS) is 13.1. The van der Waals surface area contributed by atoms with Crippen molar-refractivity contribution in [2.24, 2.45) is 7.05 Å². The van der Waals surface area contributed by atoms with Crippen molar-refractivity contribution in [3.8, 4) is 11.1 Å². The Morgan fingerprint density at radius 3 is 2.25 bits per heavy atom. The first kappa shape index (κ1) is 18.5. The van der Waals surface area contributed by atoms with E-state index in [2.05, 4.69) is 56.9 Å². The Hall–Kier alpha value is -2.88. The molecule has 4 nitrogen and oxygen atoms in total. The molecule has 4 rings (SSSR count). The standard InChI is InChI=1S/C24H27N3O/c1-6-19-16(3)20-13-27(24(28)23-25-11-12-26(23)5)14-21(20)17(4)22(19)18-9-7-15(2)8-10-18/h7-12H,6,13-14H2,1-5H3. The third-order valence-electron chi connectivity index (χ3n) is 6.09. The molecule has 0 aliphatic carbocycles. The Labute approximate surface area is 166 Å². The maximum absolute atomic E-state index is 13.0. The Morgan fingerprint density at radius 1 is 1.04 bits per heavy atom. The minimum Gasteiger partial charge on any atom is -0.330 e. The number of aryl methyl sites for hydroxylation is 2. The highest BCUT2D eigenvalue weighted by Crippen LogP contribution is 2.39. The SMILES string of the molecule is CCc1c(C)c2c(c(C)c1-c1ccc(C)cc1)CN(C(=O)c1nccn1C)C2. The fourth-order valence-corrected chi connectivity index (χ4v) is 4.47. The molecule has 0 N–H and O–H groups in total. The van der Waals surface area contributed by atoms with Crippen molar-refractivity contribution in [3.05, 3.63) is 75.9 Å². The number of imidazole rings is 1. The lowest BCUT2D eigenvalue weighted by molar-refractivity contribution is 0.0735. The van der Waals surface area contributed by atoms with E-state index in [0.717, 1.165) is 6.42 Å². The zero-order chi connectivity index (χ0) is 20.0. The molecule has 1 aliphatic heterocycles. The quantitative estimate of drug-likeness (QED) is 0.666. The van der Waals surface area contributed by atoms with Crippen molar-refractivity contribution in [2.75, 3.05) is 0 Å². The molecule has 0 atom stereocenters. The molecular weight excluding hydrogens is 346 g/mol. The van der Waals surface area contributed by atoms with Gasteiger partial charge >= 0.3 is 0 Å². The highest BCUT2D eigenvalue weighted by atomic mass is 16.2. The van der Waals surface area contributed by atoms with Crippen molar-refractivity contribution >= 4 is 5.91 Å². The molecule has 0 bridgehead atoms. The predicted octanol–water partition coefficient (Wildman–Crippen LogP) is 4.73. The van der Waals surface area contributed by atoms with Crippen LogP contribution in [0.1, 0.15) is 50.9 Å². The maximum atomic E-state index is 13.0. The molecular formula is C24H27N3O. The summed E-state index contributed by atoms with van der Waals surface area (Å²) in [4.78, 5) is 19.2. The Balaban J connectivity index is 1.80. The summed E-state index contributed by atoms with van der Waals surface area (Å²) in [5.41, 5.74) is 10.5. The summed E-state index contributed by atoms with van der Waals surface area (Å²) in [6.07, 6.45) is 4.48. The van der Waals surface area contributed by atoms with Gasteiger partial charge in [0, 0.05) is 32.5 Å². The molecule has 0 spiro atoms. The topological polar surface area (TPSA) is 38.1 Å². The lowest BCUT2D eigenvalue weighted by Gasteiger charge is -2.19. The molecule has 4 heteroatoms. The summed E-state index contributed by atoms with van der Waals surface area (Å²) < 4.78 is 1.79. The van der Waals surface area contributed by atoms with E-state index >= 15 is 0 Å². The van der Waals surface area contributed by atoms with E-state index in [1.807, 2.05) is 18.1 Å². The first-order chi connectivity index (χ1) is 13.4. The molecule has 2 aromatic carbocycles. The summed E-state index contributed by atoms with van der Waals surface area (Å²) in [5, 5.41) is 0. The van der Waals surface area contributed by atoms with Crippen LogP contribution in [0.25, 0.3) is 11.1 Å². The molecule has 0 unspecified atom stereocenters. The van der Waals surface area contributed by atoms with Gasteiger partial charge in [-0.15, -0.1) is 0 Å². The van der Waals surface area contributed by atoms with E-state index in [0.29, 0.717) is 18.9 Å². The second-order valence-corrected chi connectivity index (χ2v) is 7.80. The molecule has 0 radical (unpaired) electrons. The minimum atomic E-state index is -0.00238. The van der Waals surface area contributed by atoms with E-state index in [9.17, 15) is 4.79 Å². The molecule has 1 amide bonds. The Bertz CT molecular complexity index is 1060. The summed E-state index contributed by atoms with van der Waals surface area (Å²) in [5.74, 6) is 0.495. The first-order valence-corrected chi connectivity index (χ1v) is 9.89. The van der Waals surface area contributed by atoms with Crippen molar-refractivity contribution in [1.82, 2.24) is 14.5 Å². The van der Waals surface area contributed by atoms with Crippen molar-refractivity contribution in [1.29, 1.82) is 0 Å². The van der Waals surface area contributed by atoms with Crippen LogP contribution >= 0.6 is 0 Å². The predicted molar refractivity (Wildman–Crippen MR) is 112 cm³/mol. The molecule has 3 aromatic rings. The second kappa shape index (κ2) is 6.93. The van der Waals surface area contributed by atoms with Gasteiger partial charge in [0.2, 0.25) is 0 Å². The van der Waals surface area contributed by atoms with Crippen molar-refractivity contribution < 1.29 is 4.79 Å². The van der Waals surface area contributed by atoms with Gasteiger partial charge in [0.05, 0.1) is 0 Å². The number of amides is 1. The Kier molecular flexibility index (Phi) is 4.58. The van der Waals surface area contributed by atoms with Gasteiger partial charge in [-0.1, -0.05) is 36.8 Å². The highest BCUT2D eigenvalue weighted by molar-refractivity contribution is 5.91. The monoisotopic (exact) mass is 373 g/mol. The first-order valence-electron chi connectivity index (χ1n) is 9.89. The number of carbonyl (C=O) groups is 1. The number of fused-ring (bicyclic) bond motifs is 1. The lowest BCUT2D eigenvalue weighted by Crippen LogP contribution is -2.27. The number of benzene rings is 2. The fourth-order valence-electron chi connectivity index (χ4n) is 4.47. The van der Waals surface area contributed by atoms with Crippen molar-refractivity contribution in [2.45, 2.75) is 47.2 Å². The largest absolute Gasteiger partial charge is 0.330 e. The smallest absolute Gasteiger partial charge is 0.290 e. The van der Waals surface area contributed by atoms with Gasteiger partial charge in [-0.2, -0.15) is 0 Å². The van der Waals surface area contributed by atoms with Gasteiger partial charge in [0.15, 0.2) is 5.82 Å². The maximum Gasteiger partial charge on any atom is 0.290 e. The van der Waals surface area contributed by atoms with Gasteiger partial charge in [0.25, 0.3) is 5.91 Å². The number of hydrogen-bond donors (Lipinski definition) is 0. The van der Waals surface area contributed by atoms with Crippen LogP contribution in [0.3, 0.4) is 0 Å². The number of hydrogen-bond acceptors (Lipinski definition) is 2. The van der Waals surface area contributed by atoms with Crippen LogP contribution in [0, 0.1) is 20.8 Å². The average molecular weight is 374 g/mol. The summed E-state index contributed by atoms with van der Waals surface area (Å²) in [6, 6.07) is 8.78. The fraction of sp³-hybridized carbons (Fsp3) is 0.333. The van der Waals surface area contributed by atoms with Crippen LogP contribution in [-0.4, -0.2) is 20.4 Å². The molecule has 1 aromatic heterocycles. The van der Waals surface area contributed by atoms with Crippen LogP contribution in [0.5, 0.6) is 0 Å². The zero-order valence-electron chi connectivity index (χ0n) is 17.3. The van der Waals surface area contributed by atoms with E-state index in [1.165, 1.54) is 44.5 Å². The average Bonchev–Trinajstić information content (AvgIpc) is 3.32. The summed E-state index contributed by atoms with van der Waals surface area (Å²) in [6.45, 7) is 10.1. The molecule has 144 valence electrons. The van der Waals surface area contributed by atoms with E-state index in [4.69, 9.17) is 0 Å². The van der Waals surface area contributed by atoms with Crippen LogP contribution in [0.2, 0.25) is 0 Å². The lowest BCUT2D eigenvalue weighted by atomic mass is 9.84. The number of carbonyl (C=O) groups excluding carboxylic acids is 1. The molecule has 0 fully saturated rings. The molecule has 0 saturated carbocycles. The number of aromatic nitrogens is 2. The third kappa shape index (κ3) is 2.84. The summed E-state index contributed by atoms with van der Waals surface area (Å²) in [7, 11) is 1.87. The van der Waals surface area contributed by atoms with Crippen LogP contribution in [0.4, 0.5) is 0 Å². The van der Waals surface area contributed by atoms with E-state index in [-0.39, 0.29) is 5.91 Å². The number of nitrogens with zero attached hydrogens (tertiary/aromatic N) is 3.